The molecule has 0 amide bonds. The maximum absolute atomic E-state index is 5.51. The van der Waals surface area contributed by atoms with Crippen LogP contribution in [-0.2, 0) is 6.54 Å². The molecule has 0 saturated heterocycles. The number of thiazole rings is 1. The second-order valence-electron chi connectivity index (χ2n) is 6.19. The van der Waals surface area contributed by atoms with Crippen LogP contribution in [0.3, 0.4) is 0 Å². The third-order valence-corrected chi connectivity index (χ3v) is 5.18. The topological polar surface area (TPSA) is 75.0 Å². The van der Waals surface area contributed by atoms with Gasteiger partial charge in [0.2, 0.25) is 5.82 Å². The molecule has 0 saturated carbocycles. The number of aryl methyl sites for hydroxylation is 1. The summed E-state index contributed by atoms with van der Waals surface area (Å²) in [6.07, 6.45) is 0. The zero-order valence-electron chi connectivity index (χ0n) is 15.8. The van der Waals surface area contributed by atoms with Crippen molar-refractivity contribution in [3.05, 3.63) is 59.1 Å². The summed E-state index contributed by atoms with van der Waals surface area (Å²) in [7, 11) is 3.25. The van der Waals surface area contributed by atoms with Crippen LogP contribution in [0.2, 0.25) is 0 Å². The Labute approximate surface area is 166 Å². The SMILES string of the molecule is COc1cccc(-c2nc(Cn3nnc(-c4ccc(C)cc4)n3)cs2)c1OC. The Balaban J connectivity index is 1.56. The van der Waals surface area contributed by atoms with E-state index in [1.807, 2.05) is 54.8 Å². The van der Waals surface area contributed by atoms with E-state index in [1.165, 1.54) is 16.9 Å². The maximum Gasteiger partial charge on any atom is 0.204 e. The Morgan fingerprint density at radius 2 is 1.86 bits per heavy atom. The fourth-order valence-electron chi connectivity index (χ4n) is 2.83. The Morgan fingerprint density at radius 3 is 2.61 bits per heavy atom. The zero-order valence-corrected chi connectivity index (χ0v) is 16.6. The normalized spacial score (nSPS) is 10.8. The molecule has 0 unspecified atom stereocenters. The number of hydrogen-bond donors (Lipinski definition) is 0. The van der Waals surface area contributed by atoms with Gasteiger partial charge in [0.1, 0.15) is 11.6 Å². The van der Waals surface area contributed by atoms with Crippen LogP contribution in [-0.4, -0.2) is 39.4 Å². The molecule has 0 aliphatic carbocycles. The van der Waals surface area contributed by atoms with E-state index in [0.717, 1.165) is 21.8 Å². The average molecular weight is 393 g/mol. The molecule has 2 heterocycles. The molecule has 0 radical (unpaired) electrons. The van der Waals surface area contributed by atoms with Crippen molar-refractivity contribution < 1.29 is 9.47 Å². The van der Waals surface area contributed by atoms with Gasteiger partial charge in [-0.05, 0) is 24.3 Å². The van der Waals surface area contributed by atoms with Crippen molar-refractivity contribution >= 4 is 11.3 Å². The highest BCUT2D eigenvalue weighted by atomic mass is 32.1. The fraction of sp³-hybridized carbons (Fsp3) is 0.200. The summed E-state index contributed by atoms with van der Waals surface area (Å²) in [4.78, 5) is 6.26. The van der Waals surface area contributed by atoms with Crippen LogP contribution < -0.4 is 9.47 Å². The Kier molecular flexibility index (Phi) is 5.03. The molecule has 0 fully saturated rings. The predicted octanol–water partition coefficient (Wildman–Crippen LogP) is 3.84. The van der Waals surface area contributed by atoms with Crippen molar-refractivity contribution in [1.29, 1.82) is 0 Å². The Morgan fingerprint density at radius 1 is 1.04 bits per heavy atom. The molecule has 0 spiro atoms. The van der Waals surface area contributed by atoms with Gasteiger partial charge in [-0.15, -0.1) is 21.5 Å². The standard InChI is InChI=1S/C20H19N5O2S/c1-13-7-9-14(10-8-13)19-22-24-25(23-19)11-15-12-28-20(21-15)16-5-4-6-17(26-2)18(16)27-3/h4-10,12H,11H2,1-3H3. The van der Waals surface area contributed by atoms with Gasteiger partial charge in [-0.1, -0.05) is 35.9 Å². The van der Waals surface area contributed by atoms with Gasteiger partial charge in [-0.25, -0.2) is 4.98 Å². The van der Waals surface area contributed by atoms with Crippen molar-refractivity contribution in [3.8, 4) is 33.5 Å². The first kappa shape index (κ1) is 18.1. The van der Waals surface area contributed by atoms with Crippen molar-refractivity contribution in [2.24, 2.45) is 0 Å². The number of hydrogen-bond acceptors (Lipinski definition) is 7. The molecule has 2 aromatic heterocycles. The number of para-hydroxylation sites is 1. The van der Waals surface area contributed by atoms with Gasteiger partial charge in [0.15, 0.2) is 11.5 Å². The van der Waals surface area contributed by atoms with Gasteiger partial charge in [-0.2, -0.15) is 4.80 Å². The van der Waals surface area contributed by atoms with Crippen LogP contribution in [0, 0.1) is 6.92 Å². The molecule has 4 aromatic rings. The average Bonchev–Trinajstić information content (AvgIpc) is 3.38. The van der Waals surface area contributed by atoms with E-state index in [0.29, 0.717) is 23.9 Å². The molecule has 8 heteroatoms. The minimum Gasteiger partial charge on any atom is -0.493 e. The minimum absolute atomic E-state index is 0.446. The first-order chi connectivity index (χ1) is 13.7. The summed E-state index contributed by atoms with van der Waals surface area (Å²) in [6.45, 7) is 2.49. The van der Waals surface area contributed by atoms with E-state index in [-0.39, 0.29) is 0 Å². The summed E-state index contributed by atoms with van der Waals surface area (Å²) in [5.41, 5.74) is 3.89. The molecule has 0 atom stereocenters. The first-order valence-corrected chi connectivity index (χ1v) is 9.56. The highest BCUT2D eigenvalue weighted by Crippen LogP contribution is 2.39. The second-order valence-corrected chi connectivity index (χ2v) is 7.05. The predicted molar refractivity (Wildman–Crippen MR) is 108 cm³/mol. The highest BCUT2D eigenvalue weighted by molar-refractivity contribution is 7.13. The van der Waals surface area contributed by atoms with Gasteiger partial charge < -0.3 is 9.47 Å². The summed E-state index contributed by atoms with van der Waals surface area (Å²) >= 11 is 1.54. The lowest BCUT2D eigenvalue weighted by Crippen LogP contribution is -2.04. The number of rotatable bonds is 6. The van der Waals surface area contributed by atoms with Crippen LogP contribution in [0.15, 0.2) is 47.8 Å². The summed E-state index contributed by atoms with van der Waals surface area (Å²) < 4.78 is 10.9. The molecule has 0 N–H and O–H groups in total. The Bertz CT molecular complexity index is 1090. The molecule has 0 bridgehead atoms. The van der Waals surface area contributed by atoms with Crippen molar-refractivity contribution in [1.82, 2.24) is 25.2 Å². The Hall–Kier alpha value is -3.26. The third kappa shape index (κ3) is 3.59. The first-order valence-electron chi connectivity index (χ1n) is 8.68. The lowest BCUT2D eigenvalue weighted by molar-refractivity contribution is 0.356. The fourth-order valence-corrected chi connectivity index (χ4v) is 3.66. The van der Waals surface area contributed by atoms with E-state index < -0.39 is 0 Å². The van der Waals surface area contributed by atoms with E-state index >= 15 is 0 Å². The monoisotopic (exact) mass is 393 g/mol. The number of tetrazole rings is 1. The molecular weight excluding hydrogens is 374 g/mol. The van der Waals surface area contributed by atoms with Crippen LogP contribution in [0.5, 0.6) is 11.5 Å². The largest absolute Gasteiger partial charge is 0.493 e. The number of ether oxygens (including phenoxy) is 2. The van der Waals surface area contributed by atoms with Gasteiger partial charge in [0, 0.05) is 10.9 Å². The van der Waals surface area contributed by atoms with Gasteiger partial charge in [-0.3, -0.25) is 0 Å². The van der Waals surface area contributed by atoms with Crippen LogP contribution in [0.25, 0.3) is 22.0 Å². The van der Waals surface area contributed by atoms with Crippen LogP contribution in [0.1, 0.15) is 11.3 Å². The molecule has 28 heavy (non-hydrogen) atoms. The molecular formula is C20H19N5O2S. The molecule has 0 aliphatic heterocycles. The van der Waals surface area contributed by atoms with Crippen molar-refractivity contribution in [2.45, 2.75) is 13.5 Å². The molecule has 2 aromatic carbocycles. The van der Waals surface area contributed by atoms with Gasteiger partial charge in [0.25, 0.3) is 0 Å². The van der Waals surface area contributed by atoms with Gasteiger partial charge in [0.05, 0.1) is 25.5 Å². The number of benzene rings is 2. The number of methoxy groups -OCH3 is 2. The summed E-state index contributed by atoms with van der Waals surface area (Å²) in [6, 6.07) is 13.8. The van der Waals surface area contributed by atoms with E-state index in [2.05, 4.69) is 15.4 Å². The third-order valence-electron chi connectivity index (χ3n) is 4.25. The quantitative estimate of drug-likeness (QED) is 0.495. The van der Waals surface area contributed by atoms with E-state index in [4.69, 9.17) is 14.5 Å². The zero-order chi connectivity index (χ0) is 19.5. The molecule has 4 rings (SSSR count). The molecule has 7 nitrogen and oxygen atoms in total. The summed E-state index contributed by atoms with van der Waals surface area (Å²) in [5.74, 6) is 1.95. The lowest BCUT2D eigenvalue weighted by atomic mass is 10.1. The molecule has 0 aliphatic rings. The minimum atomic E-state index is 0.446. The lowest BCUT2D eigenvalue weighted by Gasteiger charge is -2.10. The van der Waals surface area contributed by atoms with Crippen molar-refractivity contribution in [3.63, 3.8) is 0 Å². The molecule has 142 valence electrons. The van der Waals surface area contributed by atoms with Crippen molar-refractivity contribution in [2.75, 3.05) is 14.2 Å². The summed E-state index contributed by atoms with van der Waals surface area (Å²) in [5, 5.41) is 15.6. The van der Waals surface area contributed by atoms with Gasteiger partial charge >= 0.3 is 0 Å². The number of aromatic nitrogens is 5. The van der Waals surface area contributed by atoms with Crippen LogP contribution >= 0.6 is 11.3 Å². The second kappa shape index (κ2) is 7.77. The highest BCUT2D eigenvalue weighted by Gasteiger charge is 2.15. The van der Waals surface area contributed by atoms with E-state index in [1.54, 1.807) is 19.0 Å². The number of nitrogens with zero attached hydrogens (tertiary/aromatic N) is 5. The van der Waals surface area contributed by atoms with Crippen LogP contribution in [0.4, 0.5) is 0 Å². The maximum atomic E-state index is 5.51. The smallest absolute Gasteiger partial charge is 0.204 e. The van der Waals surface area contributed by atoms with E-state index in [9.17, 15) is 0 Å².